The van der Waals surface area contributed by atoms with E-state index in [1.807, 2.05) is 0 Å². The number of nitrogens with zero attached hydrogens (tertiary/aromatic N) is 1. The van der Waals surface area contributed by atoms with Crippen LogP contribution < -0.4 is 0 Å². The number of ether oxygens (including phenoxy) is 1. The van der Waals surface area contributed by atoms with Crippen LogP contribution in [0.3, 0.4) is 0 Å². The summed E-state index contributed by atoms with van der Waals surface area (Å²) >= 11 is 5.54. The fourth-order valence-electron chi connectivity index (χ4n) is 2.31. The number of alkyl halides is 1. The lowest BCUT2D eigenvalue weighted by Crippen LogP contribution is -2.46. The molecule has 0 aromatic carbocycles. The van der Waals surface area contributed by atoms with Gasteiger partial charge in [-0.1, -0.05) is 0 Å². The highest BCUT2D eigenvalue weighted by atomic mass is 35.5. The highest BCUT2D eigenvalue weighted by molar-refractivity contribution is 7.89. The van der Waals surface area contributed by atoms with Gasteiger partial charge in [0.05, 0.1) is 18.0 Å². The van der Waals surface area contributed by atoms with Crippen LogP contribution in [0, 0.1) is 0 Å². The highest BCUT2D eigenvalue weighted by Gasteiger charge is 2.38. The fourth-order valence-corrected chi connectivity index (χ4v) is 4.12. The Morgan fingerprint density at radius 1 is 1.19 bits per heavy atom. The Kier molecular flexibility index (Phi) is 4.11. The summed E-state index contributed by atoms with van der Waals surface area (Å²) in [6, 6.07) is 0. The molecule has 4 nitrogen and oxygen atoms in total. The van der Waals surface area contributed by atoms with Gasteiger partial charge in [-0.25, -0.2) is 8.42 Å². The third kappa shape index (κ3) is 2.88. The van der Waals surface area contributed by atoms with Crippen LogP contribution in [-0.4, -0.2) is 49.7 Å². The van der Waals surface area contributed by atoms with Gasteiger partial charge in [0.25, 0.3) is 0 Å². The monoisotopic (exact) mass is 267 g/mol. The average Bonchev–Trinajstić information content (AvgIpc) is 2.58. The summed E-state index contributed by atoms with van der Waals surface area (Å²) in [6.45, 7) is 1.08. The van der Waals surface area contributed by atoms with Gasteiger partial charge in [0.15, 0.2) is 0 Å². The van der Waals surface area contributed by atoms with Crippen molar-refractivity contribution in [1.29, 1.82) is 0 Å². The van der Waals surface area contributed by atoms with E-state index in [-0.39, 0.29) is 18.0 Å². The minimum atomic E-state index is -3.09. The van der Waals surface area contributed by atoms with Crippen LogP contribution >= 0.6 is 11.6 Å². The molecule has 2 atom stereocenters. The second kappa shape index (κ2) is 5.21. The maximum atomic E-state index is 12.0. The molecule has 0 aromatic heterocycles. The number of sulfonamides is 1. The van der Waals surface area contributed by atoms with Crippen molar-refractivity contribution in [3.63, 3.8) is 0 Å². The van der Waals surface area contributed by atoms with Gasteiger partial charge in [-0.2, -0.15) is 4.31 Å². The van der Waals surface area contributed by atoms with E-state index in [2.05, 4.69) is 0 Å². The Labute approximate surface area is 102 Å². The molecule has 2 fully saturated rings. The van der Waals surface area contributed by atoms with E-state index >= 15 is 0 Å². The van der Waals surface area contributed by atoms with E-state index < -0.39 is 10.0 Å². The van der Waals surface area contributed by atoms with Gasteiger partial charge in [0.1, 0.15) is 0 Å². The first-order valence-electron chi connectivity index (χ1n) is 5.81. The zero-order valence-electron chi connectivity index (χ0n) is 9.27. The predicted octanol–water partition coefficient (Wildman–Crippen LogP) is 1.20. The molecule has 0 aromatic rings. The molecular weight excluding hydrogens is 250 g/mol. The van der Waals surface area contributed by atoms with Gasteiger partial charge in [0, 0.05) is 19.0 Å². The van der Waals surface area contributed by atoms with Crippen LogP contribution in [0.1, 0.15) is 25.7 Å². The van der Waals surface area contributed by atoms with Crippen molar-refractivity contribution >= 4 is 21.6 Å². The van der Waals surface area contributed by atoms with Gasteiger partial charge < -0.3 is 4.74 Å². The maximum absolute atomic E-state index is 12.0. The van der Waals surface area contributed by atoms with Crippen LogP contribution in [-0.2, 0) is 14.8 Å². The molecule has 2 aliphatic rings. The third-order valence-corrected chi connectivity index (χ3v) is 5.35. The summed E-state index contributed by atoms with van der Waals surface area (Å²) < 4.78 is 31.2. The summed E-state index contributed by atoms with van der Waals surface area (Å²) in [4.78, 5) is 0. The molecule has 2 saturated heterocycles. The number of morpholine rings is 1. The molecule has 0 spiro atoms. The number of hydrogen-bond acceptors (Lipinski definition) is 3. The zero-order chi connectivity index (χ0) is 11.6. The van der Waals surface area contributed by atoms with Gasteiger partial charge in [-0.15, -0.1) is 11.6 Å². The molecule has 94 valence electrons. The number of hydrogen-bond donors (Lipinski definition) is 0. The van der Waals surface area contributed by atoms with Crippen molar-refractivity contribution < 1.29 is 13.2 Å². The first kappa shape index (κ1) is 12.6. The lowest BCUT2D eigenvalue weighted by atomic mass is 10.2. The molecule has 2 bridgehead atoms. The molecule has 0 N–H and O–H groups in total. The van der Waals surface area contributed by atoms with Crippen molar-refractivity contribution in [1.82, 2.24) is 4.31 Å². The van der Waals surface area contributed by atoms with Crippen LogP contribution in [0.15, 0.2) is 0 Å². The zero-order valence-corrected chi connectivity index (χ0v) is 10.8. The van der Waals surface area contributed by atoms with Gasteiger partial charge in [-0.3, -0.25) is 0 Å². The second-order valence-corrected chi connectivity index (χ2v) is 6.95. The van der Waals surface area contributed by atoms with Gasteiger partial charge in [-0.05, 0) is 25.7 Å². The summed E-state index contributed by atoms with van der Waals surface area (Å²) in [5.74, 6) is 0.753. The van der Waals surface area contributed by atoms with E-state index in [1.165, 1.54) is 0 Å². The van der Waals surface area contributed by atoms with E-state index in [0.717, 1.165) is 19.3 Å². The molecule has 2 unspecified atom stereocenters. The molecule has 0 aliphatic carbocycles. The molecular formula is C10H18ClNO3S. The second-order valence-electron chi connectivity index (χ2n) is 4.49. The van der Waals surface area contributed by atoms with E-state index in [4.69, 9.17) is 16.3 Å². The minimum absolute atomic E-state index is 0.126. The fraction of sp³-hybridized carbons (Fsp3) is 1.00. The SMILES string of the molecule is O=S(=O)(CCCCCl)N1CC2CCC(C1)O2. The summed E-state index contributed by atoms with van der Waals surface area (Å²) in [5.41, 5.74) is 0. The predicted molar refractivity (Wildman–Crippen MR) is 63.2 cm³/mol. The smallest absolute Gasteiger partial charge is 0.214 e. The number of unbranched alkanes of at least 4 members (excludes halogenated alkanes) is 1. The first-order chi connectivity index (χ1) is 7.62. The third-order valence-electron chi connectivity index (χ3n) is 3.19. The summed E-state index contributed by atoms with van der Waals surface area (Å²) in [5, 5.41) is 0. The average molecular weight is 268 g/mol. The molecule has 6 heteroatoms. The summed E-state index contributed by atoms with van der Waals surface area (Å²) in [7, 11) is -3.09. The highest BCUT2D eigenvalue weighted by Crippen LogP contribution is 2.27. The Hall–Kier alpha value is 0.160. The van der Waals surface area contributed by atoms with Crippen molar-refractivity contribution in [2.24, 2.45) is 0 Å². The maximum Gasteiger partial charge on any atom is 0.214 e. The van der Waals surface area contributed by atoms with Crippen LogP contribution in [0.2, 0.25) is 0 Å². The standard InChI is InChI=1S/C10H18ClNO3S/c11-5-1-2-6-16(13,14)12-7-9-3-4-10(8-12)15-9/h9-10H,1-8H2. The quantitative estimate of drug-likeness (QED) is 0.555. The lowest BCUT2D eigenvalue weighted by molar-refractivity contribution is -0.0114. The number of rotatable bonds is 5. The minimum Gasteiger partial charge on any atom is -0.372 e. The van der Waals surface area contributed by atoms with Crippen molar-refractivity contribution in [2.45, 2.75) is 37.9 Å². The Balaban J connectivity index is 1.91. The molecule has 2 rings (SSSR count). The van der Waals surface area contributed by atoms with Crippen molar-refractivity contribution in [3.05, 3.63) is 0 Å². The van der Waals surface area contributed by atoms with Gasteiger partial charge >= 0.3 is 0 Å². The Morgan fingerprint density at radius 3 is 2.38 bits per heavy atom. The molecule has 16 heavy (non-hydrogen) atoms. The first-order valence-corrected chi connectivity index (χ1v) is 7.95. The van der Waals surface area contributed by atoms with E-state index in [1.54, 1.807) is 4.31 Å². The molecule has 0 radical (unpaired) electrons. The van der Waals surface area contributed by atoms with E-state index in [9.17, 15) is 8.42 Å². The molecule has 2 heterocycles. The van der Waals surface area contributed by atoms with Gasteiger partial charge in [0.2, 0.25) is 10.0 Å². The van der Waals surface area contributed by atoms with Crippen LogP contribution in [0.25, 0.3) is 0 Å². The number of fused-ring (bicyclic) bond motifs is 2. The topological polar surface area (TPSA) is 46.6 Å². The normalized spacial score (nSPS) is 30.8. The largest absolute Gasteiger partial charge is 0.372 e. The molecule has 0 saturated carbocycles. The van der Waals surface area contributed by atoms with Crippen molar-refractivity contribution in [3.8, 4) is 0 Å². The molecule has 2 aliphatic heterocycles. The Morgan fingerprint density at radius 2 is 1.81 bits per heavy atom. The van der Waals surface area contributed by atoms with E-state index in [0.29, 0.717) is 25.4 Å². The molecule has 0 amide bonds. The van der Waals surface area contributed by atoms with Crippen molar-refractivity contribution in [2.75, 3.05) is 24.7 Å². The van der Waals surface area contributed by atoms with Crippen LogP contribution in [0.5, 0.6) is 0 Å². The Bertz CT molecular complexity index is 321. The lowest BCUT2D eigenvalue weighted by Gasteiger charge is -2.31. The van der Waals surface area contributed by atoms with Crippen LogP contribution in [0.4, 0.5) is 0 Å². The number of halogens is 1. The summed E-state index contributed by atoms with van der Waals surface area (Å²) in [6.07, 6.45) is 3.66.